The Morgan fingerprint density at radius 1 is 1.23 bits per heavy atom. The number of hydrogen-bond acceptors (Lipinski definition) is 5. The molecule has 166 valence electrons. The van der Waals surface area contributed by atoms with Crippen LogP contribution in [0.2, 0.25) is 0 Å². The molecule has 10 heteroatoms. The molecule has 8 nitrogen and oxygen atoms in total. The second-order valence-corrected chi connectivity index (χ2v) is 7.18. The van der Waals surface area contributed by atoms with Gasteiger partial charge in [0, 0.05) is 57.7 Å². The third kappa shape index (κ3) is 6.03. The van der Waals surface area contributed by atoms with E-state index in [0.717, 1.165) is 56.5 Å². The summed E-state index contributed by atoms with van der Waals surface area (Å²) < 4.78 is 21.1. The van der Waals surface area contributed by atoms with Gasteiger partial charge in [-0.2, -0.15) is 0 Å². The fourth-order valence-corrected chi connectivity index (χ4v) is 3.52. The Labute approximate surface area is 198 Å². The van der Waals surface area contributed by atoms with Gasteiger partial charge in [0.15, 0.2) is 5.96 Å². The lowest BCUT2D eigenvalue weighted by atomic mass is 10.2. The largest absolute Gasteiger partial charge is 0.364 e. The van der Waals surface area contributed by atoms with Crippen LogP contribution in [0, 0.1) is 5.82 Å². The molecule has 1 aromatic carbocycles. The second-order valence-electron chi connectivity index (χ2n) is 7.18. The average molecular weight is 539 g/mol. The lowest BCUT2D eigenvalue weighted by Crippen LogP contribution is -2.52. The van der Waals surface area contributed by atoms with Gasteiger partial charge in [-0.25, -0.2) is 14.4 Å². The van der Waals surface area contributed by atoms with Gasteiger partial charge in [0.2, 0.25) is 0 Å². The molecule has 1 aliphatic rings. The predicted molar refractivity (Wildman–Crippen MR) is 127 cm³/mol. The van der Waals surface area contributed by atoms with Gasteiger partial charge >= 0.3 is 0 Å². The molecule has 1 saturated heterocycles. The molecular weight excluding hydrogens is 512 g/mol. The van der Waals surface area contributed by atoms with E-state index in [1.807, 2.05) is 12.1 Å². The molecule has 0 bridgehead atoms. The zero-order valence-electron chi connectivity index (χ0n) is 17.4. The second kappa shape index (κ2) is 11.2. The number of hydrogen-bond donors (Lipinski definition) is 1. The molecule has 0 aliphatic carbocycles. The Balaban J connectivity index is 0.00000272. The van der Waals surface area contributed by atoms with Gasteiger partial charge in [-0.3, -0.25) is 4.90 Å². The zero-order valence-corrected chi connectivity index (χ0v) is 19.8. The molecule has 0 amide bonds. The van der Waals surface area contributed by atoms with E-state index in [9.17, 15) is 4.39 Å². The van der Waals surface area contributed by atoms with Crippen LogP contribution < -0.4 is 5.32 Å². The lowest BCUT2D eigenvalue weighted by molar-refractivity contribution is 0.169. The van der Waals surface area contributed by atoms with Crippen LogP contribution in [0.15, 0.2) is 58.8 Å². The highest BCUT2D eigenvalue weighted by Crippen LogP contribution is 2.16. The van der Waals surface area contributed by atoms with Crippen molar-refractivity contribution in [1.29, 1.82) is 0 Å². The SMILES string of the molecule is CCNC(=NCc1ccc(-n2ccnc2)c(F)c1)N1CCN(Cc2ccon2)CC1.I. The molecule has 0 unspecified atom stereocenters. The number of nitrogens with one attached hydrogen (secondary N) is 1. The minimum atomic E-state index is -0.285. The molecule has 0 radical (unpaired) electrons. The minimum Gasteiger partial charge on any atom is -0.364 e. The smallest absolute Gasteiger partial charge is 0.194 e. The molecule has 3 aromatic rings. The molecule has 1 N–H and O–H groups in total. The van der Waals surface area contributed by atoms with Gasteiger partial charge in [-0.15, -0.1) is 24.0 Å². The molecule has 2 aromatic heterocycles. The Hall–Kier alpha value is -2.47. The van der Waals surface area contributed by atoms with Gasteiger partial charge in [0.25, 0.3) is 0 Å². The van der Waals surface area contributed by atoms with Crippen molar-refractivity contribution in [2.24, 2.45) is 4.99 Å². The van der Waals surface area contributed by atoms with Gasteiger partial charge in [-0.05, 0) is 24.6 Å². The normalized spacial score (nSPS) is 15.0. The van der Waals surface area contributed by atoms with E-state index in [1.54, 1.807) is 35.6 Å². The van der Waals surface area contributed by atoms with E-state index >= 15 is 0 Å². The number of piperazine rings is 1. The Kier molecular flexibility index (Phi) is 8.41. The number of rotatable bonds is 6. The molecule has 0 saturated carbocycles. The highest BCUT2D eigenvalue weighted by Gasteiger charge is 2.20. The molecule has 0 spiro atoms. The van der Waals surface area contributed by atoms with Crippen molar-refractivity contribution in [1.82, 2.24) is 29.8 Å². The van der Waals surface area contributed by atoms with Gasteiger partial charge in [0.05, 0.1) is 24.3 Å². The van der Waals surface area contributed by atoms with Crippen LogP contribution in [-0.4, -0.2) is 63.2 Å². The average Bonchev–Trinajstić information content (AvgIpc) is 3.46. The molecule has 31 heavy (non-hydrogen) atoms. The zero-order chi connectivity index (χ0) is 20.8. The lowest BCUT2D eigenvalue weighted by Gasteiger charge is -2.36. The standard InChI is InChI=1S/C21H26FN7O.HI/c1-2-24-21(28-10-8-27(9-11-28)15-18-5-12-30-26-18)25-14-17-3-4-20(19(22)13-17)29-7-6-23-16-29;/h3-7,12-13,16H,2,8-11,14-15H2,1H3,(H,24,25);1H. The fourth-order valence-electron chi connectivity index (χ4n) is 3.52. The number of benzene rings is 1. The Morgan fingerprint density at radius 2 is 2.06 bits per heavy atom. The van der Waals surface area contributed by atoms with Crippen LogP contribution in [-0.2, 0) is 13.1 Å². The number of guanidine groups is 1. The van der Waals surface area contributed by atoms with Crippen molar-refractivity contribution < 1.29 is 8.91 Å². The van der Waals surface area contributed by atoms with E-state index in [0.29, 0.717) is 12.2 Å². The first-order valence-corrected chi connectivity index (χ1v) is 10.1. The third-order valence-electron chi connectivity index (χ3n) is 5.09. The Bertz CT molecular complexity index is 954. The van der Waals surface area contributed by atoms with Crippen LogP contribution in [0.1, 0.15) is 18.2 Å². The van der Waals surface area contributed by atoms with Crippen molar-refractivity contribution in [3.63, 3.8) is 0 Å². The van der Waals surface area contributed by atoms with Crippen LogP contribution in [0.25, 0.3) is 5.69 Å². The monoisotopic (exact) mass is 539 g/mol. The highest BCUT2D eigenvalue weighted by molar-refractivity contribution is 14.0. The molecule has 0 atom stereocenters. The summed E-state index contributed by atoms with van der Waals surface area (Å²) in [5.41, 5.74) is 2.26. The van der Waals surface area contributed by atoms with Crippen LogP contribution in [0.3, 0.4) is 0 Å². The maximum atomic E-state index is 14.5. The van der Waals surface area contributed by atoms with Gasteiger partial charge < -0.3 is 19.3 Å². The van der Waals surface area contributed by atoms with Crippen LogP contribution in [0.4, 0.5) is 4.39 Å². The van der Waals surface area contributed by atoms with Crippen molar-refractivity contribution in [2.45, 2.75) is 20.0 Å². The van der Waals surface area contributed by atoms with Crippen LogP contribution in [0.5, 0.6) is 0 Å². The maximum absolute atomic E-state index is 14.5. The number of nitrogens with zero attached hydrogens (tertiary/aromatic N) is 6. The van der Waals surface area contributed by atoms with Crippen molar-refractivity contribution >= 4 is 29.9 Å². The van der Waals surface area contributed by atoms with E-state index in [4.69, 9.17) is 9.52 Å². The first kappa shape index (κ1) is 23.2. The fraction of sp³-hybridized carbons (Fsp3) is 0.381. The highest BCUT2D eigenvalue weighted by atomic mass is 127. The van der Waals surface area contributed by atoms with Crippen LogP contribution >= 0.6 is 24.0 Å². The third-order valence-corrected chi connectivity index (χ3v) is 5.09. The van der Waals surface area contributed by atoms with E-state index < -0.39 is 0 Å². The van der Waals surface area contributed by atoms with Crippen molar-refractivity contribution in [3.8, 4) is 5.69 Å². The maximum Gasteiger partial charge on any atom is 0.194 e. The van der Waals surface area contributed by atoms with Crippen molar-refractivity contribution in [2.75, 3.05) is 32.7 Å². The summed E-state index contributed by atoms with van der Waals surface area (Å²) in [6.45, 7) is 7.64. The van der Waals surface area contributed by atoms with E-state index in [2.05, 4.69) is 32.2 Å². The van der Waals surface area contributed by atoms with E-state index in [1.165, 1.54) is 6.07 Å². The van der Waals surface area contributed by atoms with E-state index in [-0.39, 0.29) is 29.8 Å². The minimum absolute atomic E-state index is 0. The number of aliphatic imine (C=N–C) groups is 1. The Morgan fingerprint density at radius 3 is 2.71 bits per heavy atom. The summed E-state index contributed by atoms with van der Waals surface area (Å²) in [5, 5.41) is 7.34. The summed E-state index contributed by atoms with van der Waals surface area (Å²) in [6.07, 6.45) is 6.54. The number of imidazole rings is 1. The summed E-state index contributed by atoms with van der Waals surface area (Å²) >= 11 is 0. The van der Waals surface area contributed by atoms with Crippen molar-refractivity contribution in [3.05, 3.63) is 66.3 Å². The predicted octanol–water partition coefficient (Wildman–Crippen LogP) is 2.90. The molecule has 1 aliphatic heterocycles. The summed E-state index contributed by atoms with van der Waals surface area (Å²) in [5.74, 6) is 0.574. The molecule has 4 rings (SSSR count). The summed E-state index contributed by atoms with van der Waals surface area (Å²) in [4.78, 5) is 13.3. The molecular formula is C21H27FIN7O. The quantitative estimate of drug-likeness (QED) is 0.295. The number of aromatic nitrogens is 3. The number of halogens is 2. The summed E-state index contributed by atoms with van der Waals surface area (Å²) in [6, 6.07) is 7.10. The summed E-state index contributed by atoms with van der Waals surface area (Å²) in [7, 11) is 0. The topological polar surface area (TPSA) is 74.7 Å². The van der Waals surface area contributed by atoms with Gasteiger partial charge in [0.1, 0.15) is 12.1 Å². The first-order valence-electron chi connectivity index (χ1n) is 10.1. The first-order chi connectivity index (χ1) is 14.7. The van der Waals surface area contributed by atoms with Gasteiger partial charge in [-0.1, -0.05) is 11.2 Å². The molecule has 3 heterocycles. The molecule has 1 fully saturated rings.